The van der Waals surface area contributed by atoms with Crippen LogP contribution in [0.3, 0.4) is 0 Å². The maximum atomic E-state index is 12.0. The highest BCUT2D eigenvalue weighted by Gasteiger charge is 2.35. The number of aryl methyl sites for hydroxylation is 1. The van der Waals surface area contributed by atoms with Crippen LogP contribution in [0.5, 0.6) is 0 Å². The fourth-order valence-corrected chi connectivity index (χ4v) is 5.23. The molecule has 2 unspecified atom stereocenters. The van der Waals surface area contributed by atoms with Crippen LogP contribution in [0.2, 0.25) is 0 Å². The first-order chi connectivity index (χ1) is 10.2. The fraction of sp³-hybridized carbons (Fsp3) is 0.750. The van der Waals surface area contributed by atoms with E-state index < -0.39 is 0 Å². The van der Waals surface area contributed by atoms with Gasteiger partial charge >= 0.3 is 0 Å². The van der Waals surface area contributed by atoms with E-state index in [9.17, 15) is 4.79 Å². The van der Waals surface area contributed by atoms with Crippen molar-refractivity contribution in [2.45, 2.75) is 57.5 Å². The number of aromatic nitrogens is 1. The second-order valence-corrected chi connectivity index (χ2v) is 7.75. The second kappa shape index (κ2) is 5.36. The SMILES string of the molecule is CC1CN2CCCCC2CN1c1nc2c(s1)CCCC2=O. The summed E-state index contributed by atoms with van der Waals surface area (Å²) in [6.07, 6.45) is 6.74. The molecule has 114 valence electrons. The van der Waals surface area contributed by atoms with Gasteiger partial charge in [-0.25, -0.2) is 4.98 Å². The van der Waals surface area contributed by atoms with E-state index in [1.807, 2.05) is 0 Å². The number of carbonyl (C=O) groups is 1. The highest BCUT2D eigenvalue weighted by molar-refractivity contribution is 7.16. The van der Waals surface area contributed by atoms with Crippen molar-refractivity contribution >= 4 is 22.3 Å². The average molecular weight is 305 g/mol. The molecule has 2 saturated heterocycles. The van der Waals surface area contributed by atoms with Gasteiger partial charge in [0, 0.05) is 36.5 Å². The van der Waals surface area contributed by atoms with E-state index in [1.54, 1.807) is 11.3 Å². The largest absolute Gasteiger partial charge is 0.343 e. The average Bonchev–Trinajstić information content (AvgIpc) is 2.92. The Labute approximate surface area is 130 Å². The minimum Gasteiger partial charge on any atom is -0.343 e. The molecule has 4 nitrogen and oxygen atoms in total. The smallest absolute Gasteiger partial charge is 0.186 e. The van der Waals surface area contributed by atoms with Gasteiger partial charge in [-0.2, -0.15) is 0 Å². The van der Waals surface area contributed by atoms with E-state index in [0.717, 1.165) is 36.8 Å². The lowest BCUT2D eigenvalue weighted by molar-refractivity contribution is 0.0968. The molecule has 0 radical (unpaired) electrons. The number of hydrogen-bond donors (Lipinski definition) is 0. The van der Waals surface area contributed by atoms with Gasteiger partial charge in [0.05, 0.1) is 0 Å². The van der Waals surface area contributed by atoms with E-state index in [4.69, 9.17) is 4.98 Å². The van der Waals surface area contributed by atoms with Gasteiger partial charge in [-0.1, -0.05) is 6.42 Å². The molecule has 3 aliphatic rings. The van der Waals surface area contributed by atoms with Gasteiger partial charge < -0.3 is 4.90 Å². The summed E-state index contributed by atoms with van der Waals surface area (Å²) in [7, 11) is 0. The summed E-state index contributed by atoms with van der Waals surface area (Å²) in [6.45, 7) is 5.79. The fourth-order valence-electron chi connectivity index (χ4n) is 4.00. The van der Waals surface area contributed by atoms with E-state index in [2.05, 4.69) is 16.7 Å². The molecule has 0 aromatic carbocycles. The Kier molecular flexibility index (Phi) is 3.50. The van der Waals surface area contributed by atoms with Gasteiger partial charge in [0.25, 0.3) is 0 Å². The highest BCUT2D eigenvalue weighted by atomic mass is 32.1. The first-order valence-electron chi connectivity index (χ1n) is 8.26. The van der Waals surface area contributed by atoms with Crippen LogP contribution in [0, 0.1) is 0 Å². The van der Waals surface area contributed by atoms with Crippen LogP contribution >= 0.6 is 11.3 Å². The molecule has 3 heterocycles. The van der Waals surface area contributed by atoms with Gasteiger partial charge in [-0.3, -0.25) is 9.69 Å². The molecule has 0 saturated carbocycles. The lowest BCUT2D eigenvalue weighted by Crippen LogP contribution is -2.58. The summed E-state index contributed by atoms with van der Waals surface area (Å²) in [5.41, 5.74) is 0.777. The number of hydrogen-bond acceptors (Lipinski definition) is 5. The number of nitrogens with zero attached hydrogens (tertiary/aromatic N) is 3. The molecular weight excluding hydrogens is 282 g/mol. The minimum absolute atomic E-state index is 0.253. The molecule has 21 heavy (non-hydrogen) atoms. The topological polar surface area (TPSA) is 36.4 Å². The van der Waals surface area contributed by atoms with Crippen LogP contribution in [-0.2, 0) is 6.42 Å². The number of carbonyl (C=O) groups excluding carboxylic acids is 1. The molecule has 5 heteroatoms. The Morgan fingerprint density at radius 3 is 2.95 bits per heavy atom. The molecular formula is C16H23N3OS. The number of piperazine rings is 1. The predicted molar refractivity (Wildman–Crippen MR) is 85.4 cm³/mol. The maximum Gasteiger partial charge on any atom is 0.186 e. The Morgan fingerprint density at radius 2 is 2.10 bits per heavy atom. The number of piperidine rings is 1. The van der Waals surface area contributed by atoms with Gasteiger partial charge in [-0.15, -0.1) is 11.3 Å². The van der Waals surface area contributed by atoms with E-state index in [-0.39, 0.29) is 5.78 Å². The van der Waals surface area contributed by atoms with Gasteiger partial charge in [-0.05, 0) is 39.2 Å². The number of fused-ring (bicyclic) bond motifs is 2. The van der Waals surface area contributed by atoms with Gasteiger partial charge in [0.15, 0.2) is 10.9 Å². The Hall–Kier alpha value is -0.940. The zero-order chi connectivity index (χ0) is 14.4. The van der Waals surface area contributed by atoms with Gasteiger partial charge in [0.1, 0.15) is 5.69 Å². The zero-order valence-corrected chi connectivity index (χ0v) is 13.5. The summed E-state index contributed by atoms with van der Waals surface area (Å²) in [4.78, 5) is 23.1. The summed E-state index contributed by atoms with van der Waals surface area (Å²) in [6, 6.07) is 1.19. The van der Waals surface area contributed by atoms with E-state index >= 15 is 0 Å². The number of ketones is 1. The van der Waals surface area contributed by atoms with Crippen molar-refractivity contribution in [3.05, 3.63) is 10.6 Å². The van der Waals surface area contributed by atoms with E-state index in [1.165, 1.54) is 30.7 Å². The van der Waals surface area contributed by atoms with Crippen LogP contribution < -0.4 is 4.90 Å². The number of Topliss-reactive ketones (excluding diaryl/α,β-unsaturated/α-hetero) is 1. The summed E-state index contributed by atoms with van der Waals surface area (Å²) >= 11 is 1.76. The third-order valence-corrected chi connectivity index (χ3v) is 6.34. The molecule has 0 amide bonds. The molecule has 2 fully saturated rings. The van der Waals surface area contributed by atoms with Crippen LogP contribution in [0.4, 0.5) is 5.13 Å². The maximum absolute atomic E-state index is 12.0. The third kappa shape index (κ3) is 2.40. The Bertz CT molecular complexity index is 556. The Morgan fingerprint density at radius 1 is 1.19 bits per heavy atom. The van der Waals surface area contributed by atoms with Crippen LogP contribution in [-0.4, -0.2) is 47.4 Å². The second-order valence-electron chi connectivity index (χ2n) is 6.69. The summed E-state index contributed by atoms with van der Waals surface area (Å²) in [5, 5.41) is 1.09. The van der Waals surface area contributed by atoms with Crippen molar-refractivity contribution in [1.29, 1.82) is 0 Å². The zero-order valence-electron chi connectivity index (χ0n) is 12.7. The summed E-state index contributed by atoms with van der Waals surface area (Å²) < 4.78 is 0. The molecule has 4 rings (SSSR count). The molecule has 0 spiro atoms. The lowest BCUT2D eigenvalue weighted by Gasteiger charge is -2.47. The van der Waals surface area contributed by atoms with Crippen LogP contribution in [0.15, 0.2) is 0 Å². The van der Waals surface area contributed by atoms with Crippen molar-refractivity contribution in [3.8, 4) is 0 Å². The van der Waals surface area contributed by atoms with Crippen molar-refractivity contribution in [2.24, 2.45) is 0 Å². The molecule has 1 aliphatic carbocycles. The van der Waals surface area contributed by atoms with Crippen molar-refractivity contribution in [3.63, 3.8) is 0 Å². The third-order valence-electron chi connectivity index (χ3n) is 5.19. The number of thiazole rings is 1. The lowest BCUT2D eigenvalue weighted by atomic mass is 9.97. The molecule has 2 aliphatic heterocycles. The molecule has 0 bridgehead atoms. The Balaban J connectivity index is 1.59. The van der Waals surface area contributed by atoms with Crippen LogP contribution in [0.25, 0.3) is 0 Å². The standard InChI is InChI=1S/C16H23N3OS/c1-11-9-18-8-3-2-5-12(18)10-19(11)16-17-15-13(20)6-4-7-14(15)21-16/h11-12H,2-10H2,1H3. The number of rotatable bonds is 1. The molecule has 2 atom stereocenters. The predicted octanol–water partition coefficient (Wildman–Crippen LogP) is 2.73. The molecule has 0 N–H and O–H groups in total. The molecule has 1 aromatic rings. The highest BCUT2D eigenvalue weighted by Crippen LogP contribution is 2.35. The number of anilines is 1. The van der Waals surface area contributed by atoms with Crippen LogP contribution in [0.1, 0.15) is 54.4 Å². The van der Waals surface area contributed by atoms with Crippen molar-refractivity contribution < 1.29 is 4.79 Å². The quantitative estimate of drug-likeness (QED) is 0.799. The molecule has 1 aromatic heterocycles. The van der Waals surface area contributed by atoms with E-state index in [0.29, 0.717) is 18.5 Å². The van der Waals surface area contributed by atoms with Gasteiger partial charge in [0.2, 0.25) is 0 Å². The monoisotopic (exact) mass is 305 g/mol. The minimum atomic E-state index is 0.253. The van der Waals surface area contributed by atoms with Crippen molar-refractivity contribution in [1.82, 2.24) is 9.88 Å². The van der Waals surface area contributed by atoms with Crippen molar-refractivity contribution in [2.75, 3.05) is 24.5 Å². The summed E-state index contributed by atoms with van der Waals surface area (Å²) in [5.74, 6) is 0.253. The first-order valence-corrected chi connectivity index (χ1v) is 9.07. The normalized spacial score (nSPS) is 30.1. The first kappa shape index (κ1) is 13.7.